The van der Waals surface area contributed by atoms with Crippen molar-refractivity contribution in [2.24, 2.45) is 5.92 Å². The van der Waals surface area contributed by atoms with Crippen molar-refractivity contribution in [3.05, 3.63) is 0 Å². The number of hydrogen-bond acceptors (Lipinski definition) is 2. The molecule has 2 nitrogen and oxygen atoms in total. The van der Waals surface area contributed by atoms with Gasteiger partial charge in [-0.3, -0.25) is 0 Å². The molecule has 0 bridgehead atoms. The zero-order valence-corrected chi connectivity index (χ0v) is 11.2. The van der Waals surface area contributed by atoms with E-state index in [2.05, 4.69) is 39.9 Å². The van der Waals surface area contributed by atoms with Crippen LogP contribution >= 0.6 is 0 Å². The van der Waals surface area contributed by atoms with Crippen molar-refractivity contribution in [3.63, 3.8) is 0 Å². The molecule has 0 saturated heterocycles. The third-order valence-electron chi connectivity index (χ3n) is 2.67. The largest absolute Gasteiger partial charge is 0.379 e. The number of hydrogen-bond donors (Lipinski definition) is 1. The summed E-state index contributed by atoms with van der Waals surface area (Å²) in [7, 11) is 0. The lowest BCUT2D eigenvalue weighted by Crippen LogP contribution is -2.33. The molecule has 1 atom stereocenters. The van der Waals surface area contributed by atoms with E-state index in [1.165, 1.54) is 19.3 Å². The molecule has 0 rings (SSSR count). The molecule has 15 heavy (non-hydrogen) atoms. The van der Waals surface area contributed by atoms with E-state index in [-0.39, 0.29) is 0 Å². The molecule has 1 unspecified atom stereocenters. The van der Waals surface area contributed by atoms with Crippen LogP contribution in [0, 0.1) is 5.92 Å². The molecule has 92 valence electrons. The van der Waals surface area contributed by atoms with Gasteiger partial charge in [-0.1, -0.05) is 20.8 Å². The standard InChI is InChI=1S/C13H29NO/c1-6-13(11(2)3)14-9-7-8-10-15-12(4)5/h11-14H,6-10H2,1-5H3. The van der Waals surface area contributed by atoms with Crippen molar-refractivity contribution < 1.29 is 4.74 Å². The van der Waals surface area contributed by atoms with Gasteiger partial charge in [-0.25, -0.2) is 0 Å². The molecule has 0 fully saturated rings. The molecule has 0 aliphatic heterocycles. The van der Waals surface area contributed by atoms with E-state index < -0.39 is 0 Å². The van der Waals surface area contributed by atoms with Crippen LogP contribution in [0.15, 0.2) is 0 Å². The maximum absolute atomic E-state index is 5.49. The molecule has 0 aliphatic rings. The van der Waals surface area contributed by atoms with Gasteiger partial charge < -0.3 is 10.1 Å². The van der Waals surface area contributed by atoms with Gasteiger partial charge in [-0.2, -0.15) is 0 Å². The molecule has 0 saturated carbocycles. The van der Waals surface area contributed by atoms with E-state index >= 15 is 0 Å². The Balaban J connectivity index is 3.29. The molecule has 0 aromatic rings. The molecule has 0 aromatic heterocycles. The summed E-state index contributed by atoms with van der Waals surface area (Å²) in [6.07, 6.45) is 3.98. The minimum Gasteiger partial charge on any atom is -0.379 e. The first-order valence-electron chi connectivity index (χ1n) is 6.42. The second-order valence-corrected chi connectivity index (χ2v) is 4.84. The first-order valence-corrected chi connectivity index (χ1v) is 6.42. The second kappa shape index (κ2) is 9.17. The summed E-state index contributed by atoms with van der Waals surface area (Å²) in [6.45, 7) is 13.0. The second-order valence-electron chi connectivity index (χ2n) is 4.84. The fourth-order valence-electron chi connectivity index (χ4n) is 1.68. The maximum atomic E-state index is 5.49. The number of unbranched alkanes of at least 4 members (excludes halogenated alkanes) is 1. The topological polar surface area (TPSA) is 21.3 Å². The third-order valence-corrected chi connectivity index (χ3v) is 2.67. The van der Waals surface area contributed by atoms with E-state index in [1.807, 2.05) is 0 Å². The lowest BCUT2D eigenvalue weighted by Gasteiger charge is -2.20. The summed E-state index contributed by atoms with van der Waals surface area (Å²) < 4.78 is 5.49. The van der Waals surface area contributed by atoms with Gasteiger partial charge in [-0.05, 0) is 45.6 Å². The normalized spacial score (nSPS) is 13.8. The molecule has 2 heteroatoms. The van der Waals surface area contributed by atoms with Crippen LogP contribution in [-0.2, 0) is 4.74 Å². The van der Waals surface area contributed by atoms with Gasteiger partial charge >= 0.3 is 0 Å². The Kier molecular flexibility index (Phi) is 9.12. The van der Waals surface area contributed by atoms with Crippen LogP contribution in [0.4, 0.5) is 0 Å². The Hall–Kier alpha value is -0.0800. The highest BCUT2D eigenvalue weighted by atomic mass is 16.5. The highest BCUT2D eigenvalue weighted by molar-refractivity contribution is 4.67. The predicted octanol–water partition coefficient (Wildman–Crippen LogP) is 3.22. The molecular formula is C13H29NO. The summed E-state index contributed by atoms with van der Waals surface area (Å²) >= 11 is 0. The van der Waals surface area contributed by atoms with Crippen LogP contribution in [0.2, 0.25) is 0 Å². The van der Waals surface area contributed by atoms with Crippen molar-refractivity contribution >= 4 is 0 Å². The Morgan fingerprint density at radius 1 is 1.07 bits per heavy atom. The van der Waals surface area contributed by atoms with E-state index in [0.717, 1.165) is 19.1 Å². The molecule has 0 radical (unpaired) electrons. The molecule has 0 aliphatic carbocycles. The monoisotopic (exact) mass is 215 g/mol. The van der Waals surface area contributed by atoms with Crippen molar-refractivity contribution in [2.75, 3.05) is 13.2 Å². The van der Waals surface area contributed by atoms with Gasteiger partial charge in [0.25, 0.3) is 0 Å². The number of rotatable bonds is 9. The van der Waals surface area contributed by atoms with Crippen molar-refractivity contribution in [1.29, 1.82) is 0 Å². The Morgan fingerprint density at radius 2 is 1.73 bits per heavy atom. The van der Waals surface area contributed by atoms with E-state index in [9.17, 15) is 0 Å². The van der Waals surface area contributed by atoms with Gasteiger partial charge in [-0.15, -0.1) is 0 Å². The summed E-state index contributed by atoms with van der Waals surface area (Å²) in [5.41, 5.74) is 0. The Bertz CT molecular complexity index is 134. The van der Waals surface area contributed by atoms with E-state index in [1.54, 1.807) is 0 Å². The fourth-order valence-corrected chi connectivity index (χ4v) is 1.68. The van der Waals surface area contributed by atoms with Gasteiger partial charge in [0, 0.05) is 12.6 Å². The van der Waals surface area contributed by atoms with Crippen LogP contribution in [-0.4, -0.2) is 25.3 Å². The average molecular weight is 215 g/mol. The summed E-state index contributed by atoms with van der Waals surface area (Å²) in [5.74, 6) is 0.738. The van der Waals surface area contributed by atoms with Crippen LogP contribution < -0.4 is 5.32 Å². The Morgan fingerprint density at radius 3 is 2.20 bits per heavy atom. The van der Waals surface area contributed by atoms with Gasteiger partial charge in [0.2, 0.25) is 0 Å². The minimum absolute atomic E-state index is 0.372. The van der Waals surface area contributed by atoms with Crippen LogP contribution in [0.25, 0.3) is 0 Å². The maximum Gasteiger partial charge on any atom is 0.0518 e. The first-order chi connectivity index (χ1) is 7.07. The van der Waals surface area contributed by atoms with Crippen molar-refractivity contribution in [2.45, 2.75) is 66.0 Å². The molecule has 0 spiro atoms. The predicted molar refractivity (Wildman–Crippen MR) is 67.2 cm³/mol. The first kappa shape index (κ1) is 14.9. The Labute approximate surface area is 95.8 Å². The quantitative estimate of drug-likeness (QED) is 0.596. The summed E-state index contributed by atoms with van der Waals surface area (Å²) in [4.78, 5) is 0. The third kappa shape index (κ3) is 8.88. The SMILES string of the molecule is CCC(NCCCCOC(C)C)C(C)C. The van der Waals surface area contributed by atoms with Crippen LogP contribution in [0.1, 0.15) is 53.9 Å². The van der Waals surface area contributed by atoms with Gasteiger partial charge in [0.15, 0.2) is 0 Å². The number of nitrogens with one attached hydrogen (secondary N) is 1. The summed E-state index contributed by atoms with van der Waals surface area (Å²) in [5, 5.41) is 3.60. The van der Waals surface area contributed by atoms with E-state index in [4.69, 9.17) is 4.74 Å². The molecule has 1 N–H and O–H groups in total. The van der Waals surface area contributed by atoms with Crippen LogP contribution in [0.5, 0.6) is 0 Å². The smallest absolute Gasteiger partial charge is 0.0518 e. The zero-order valence-electron chi connectivity index (χ0n) is 11.2. The molecule has 0 aromatic carbocycles. The van der Waals surface area contributed by atoms with Crippen LogP contribution in [0.3, 0.4) is 0 Å². The lowest BCUT2D eigenvalue weighted by molar-refractivity contribution is 0.0758. The van der Waals surface area contributed by atoms with Crippen molar-refractivity contribution in [1.82, 2.24) is 5.32 Å². The van der Waals surface area contributed by atoms with Crippen molar-refractivity contribution in [3.8, 4) is 0 Å². The lowest BCUT2D eigenvalue weighted by atomic mass is 10.0. The average Bonchev–Trinajstić information content (AvgIpc) is 2.15. The fraction of sp³-hybridized carbons (Fsp3) is 1.00. The van der Waals surface area contributed by atoms with Gasteiger partial charge in [0.05, 0.1) is 6.10 Å². The molecular weight excluding hydrogens is 186 g/mol. The highest BCUT2D eigenvalue weighted by Gasteiger charge is 2.08. The zero-order chi connectivity index (χ0) is 11.7. The molecule has 0 heterocycles. The van der Waals surface area contributed by atoms with Gasteiger partial charge in [0.1, 0.15) is 0 Å². The minimum atomic E-state index is 0.372. The summed E-state index contributed by atoms with van der Waals surface area (Å²) in [6, 6.07) is 0.677. The van der Waals surface area contributed by atoms with E-state index in [0.29, 0.717) is 12.1 Å². The highest BCUT2D eigenvalue weighted by Crippen LogP contribution is 2.05. The molecule has 0 amide bonds. The number of ether oxygens (including phenoxy) is 1.